The summed E-state index contributed by atoms with van der Waals surface area (Å²) in [5, 5.41) is 3.01. The van der Waals surface area contributed by atoms with Crippen LogP contribution in [0.1, 0.15) is 25.3 Å². The predicted octanol–water partition coefficient (Wildman–Crippen LogP) is 1.67. The lowest BCUT2D eigenvalue weighted by molar-refractivity contribution is 0.507. The van der Waals surface area contributed by atoms with Crippen molar-refractivity contribution in [1.82, 2.24) is 10.7 Å². The summed E-state index contributed by atoms with van der Waals surface area (Å²) in [6, 6.07) is 3.70. The summed E-state index contributed by atoms with van der Waals surface area (Å²) in [6.45, 7) is 3.07. The average Bonchev–Trinajstić information content (AvgIpc) is 2.37. The van der Waals surface area contributed by atoms with Crippen molar-refractivity contribution in [3.63, 3.8) is 0 Å². The highest BCUT2D eigenvalue weighted by atomic mass is 19.2. The van der Waals surface area contributed by atoms with Gasteiger partial charge in [-0.25, -0.2) is 19.6 Å². The Labute approximate surface area is 105 Å². The monoisotopic (exact) mass is 256 g/mol. The first-order chi connectivity index (χ1) is 8.67. The molecule has 6 heteroatoms. The molecule has 4 nitrogen and oxygen atoms in total. The topological polar surface area (TPSA) is 62.4 Å². The molecule has 0 atom stereocenters. The molecule has 0 fully saturated rings. The van der Waals surface area contributed by atoms with Crippen molar-refractivity contribution in [3.8, 4) is 0 Å². The van der Waals surface area contributed by atoms with Gasteiger partial charge in [0.15, 0.2) is 11.6 Å². The van der Waals surface area contributed by atoms with E-state index in [4.69, 9.17) is 5.84 Å². The highest BCUT2D eigenvalue weighted by Crippen LogP contribution is 2.09. The molecule has 4 N–H and O–H groups in total. The zero-order chi connectivity index (χ0) is 13.4. The van der Waals surface area contributed by atoms with E-state index in [1.807, 2.05) is 0 Å². The maximum atomic E-state index is 13.0. The van der Waals surface area contributed by atoms with Gasteiger partial charge in [-0.15, -0.1) is 0 Å². The number of rotatable bonds is 5. The average molecular weight is 256 g/mol. The number of nitrogens with zero attached hydrogens (tertiary/aromatic N) is 1. The molecule has 0 unspecified atom stereocenters. The van der Waals surface area contributed by atoms with Gasteiger partial charge >= 0.3 is 0 Å². The van der Waals surface area contributed by atoms with Crippen molar-refractivity contribution in [1.29, 1.82) is 0 Å². The summed E-state index contributed by atoms with van der Waals surface area (Å²) in [5.74, 6) is 4.00. The summed E-state index contributed by atoms with van der Waals surface area (Å²) in [6.07, 6.45) is 2.07. The lowest BCUT2D eigenvalue weighted by Crippen LogP contribution is -2.41. The number of benzene rings is 1. The molecule has 0 saturated heterocycles. The van der Waals surface area contributed by atoms with Crippen LogP contribution in [0.25, 0.3) is 0 Å². The van der Waals surface area contributed by atoms with Gasteiger partial charge in [0.1, 0.15) is 0 Å². The number of aliphatic imine (C=N–C) groups is 1. The quantitative estimate of drug-likeness (QED) is 0.247. The molecule has 0 amide bonds. The van der Waals surface area contributed by atoms with E-state index < -0.39 is 11.6 Å². The number of hydrazine groups is 1. The lowest BCUT2D eigenvalue weighted by atomic mass is 10.2. The van der Waals surface area contributed by atoms with Crippen molar-refractivity contribution in [2.24, 2.45) is 10.8 Å². The maximum Gasteiger partial charge on any atom is 0.206 e. The molecule has 0 heterocycles. The highest BCUT2D eigenvalue weighted by molar-refractivity contribution is 5.79. The molecule has 0 aliphatic rings. The van der Waals surface area contributed by atoms with Crippen LogP contribution in [0.15, 0.2) is 23.2 Å². The third-order valence-corrected chi connectivity index (χ3v) is 2.36. The predicted molar refractivity (Wildman–Crippen MR) is 67.7 cm³/mol. The first kappa shape index (κ1) is 14.4. The van der Waals surface area contributed by atoms with E-state index in [1.54, 1.807) is 0 Å². The van der Waals surface area contributed by atoms with Crippen molar-refractivity contribution in [2.45, 2.75) is 26.3 Å². The van der Waals surface area contributed by atoms with E-state index in [0.29, 0.717) is 11.5 Å². The van der Waals surface area contributed by atoms with Crippen LogP contribution in [-0.4, -0.2) is 12.5 Å². The summed E-state index contributed by atoms with van der Waals surface area (Å²) < 4.78 is 25.7. The van der Waals surface area contributed by atoms with Crippen LogP contribution >= 0.6 is 0 Å². The van der Waals surface area contributed by atoms with Crippen LogP contribution < -0.4 is 16.6 Å². The molecule has 0 radical (unpaired) electrons. The molecule has 1 rings (SSSR count). The van der Waals surface area contributed by atoms with Crippen LogP contribution in [0.2, 0.25) is 0 Å². The number of halogens is 2. The molecule has 0 aromatic heterocycles. The third kappa shape index (κ3) is 4.67. The van der Waals surface area contributed by atoms with Crippen molar-refractivity contribution in [2.75, 3.05) is 6.54 Å². The zero-order valence-electron chi connectivity index (χ0n) is 10.3. The smallest absolute Gasteiger partial charge is 0.206 e. The SMILES string of the molecule is CCCCNC(=NCc1ccc(F)c(F)c1)NN. The van der Waals surface area contributed by atoms with Gasteiger partial charge < -0.3 is 5.32 Å². The molecule has 0 saturated carbocycles. The van der Waals surface area contributed by atoms with Gasteiger partial charge in [-0.1, -0.05) is 19.4 Å². The van der Waals surface area contributed by atoms with E-state index in [9.17, 15) is 8.78 Å². The van der Waals surface area contributed by atoms with Gasteiger partial charge in [0.2, 0.25) is 5.96 Å². The molecule has 1 aromatic rings. The second-order valence-electron chi connectivity index (χ2n) is 3.84. The molecule has 0 aliphatic heterocycles. The second kappa shape index (κ2) is 7.60. The molecule has 0 aliphatic carbocycles. The fraction of sp³-hybridized carbons (Fsp3) is 0.417. The Kier molecular flexibility index (Phi) is 6.07. The maximum absolute atomic E-state index is 13.0. The van der Waals surface area contributed by atoms with E-state index in [-0.39, 0.29) is 6.54 Å². The summed E-state index contributed by atoms with van der Waals surface area (Å²) in [5.41, 5.74) is 3.01. The number of guanidine groups is 1. The Hall–Kier alpha value is -1.69. The number of hydrogen-bond donors (Lipinski definition) is 3. The van der Waals surface area contributed by atoms with Gasteiger partial charge in [0.25, 0.3) is 0 Å². The Morgan fingerprint density at radius 3 is 2.72 bits per heavy atom. The molecule has 1 aromatic carbocycles. The first-order valence-electron chi connectivity index (χ1n) is 5.86. The summed E-state index contributed by atoms with van der Waals surface area (Å²) in [4.78, 5) is 4.14. The van der Waals surface area contributed by atoms with Crippen LogP contribution in [-0.2, 0) is 6.54 Å². The largest absolute Gasteiger partial charge is 0.355 e. The van der Waals surface area contributed by atoms with Gasteiger partial charge in [0.05, 0.1) is 6.54 Å². The fourth-order valence-corrected chi connectivity index (χ4v) is 1.34. The van der Waals surface area contributed by atoms with Gasteiger partial charge in [-0.2, -0.15) is 0 Å². The van der Waals surface area contributed by atoms with Crippen LogP contribution in [0.5, 0.6) is 0 Å². The van der Waals surface area contributed by atoms with Crippen molar-refractivity contribution < 1.29 is 8.78 Å². The van der Waals surface area contributed by atoms with E-state index in [0.717, 1.165) is 31.5 Å². The second-order valence-corrected chi connectivity index (χ2v) is 3.84. The Morgan fingerprint density at radius 2 is 2.11 bits per heavy atom. The first-order valence-corrected chi connectivity index (χ1v) is 5.86. The van der Waals surface area contributed by atoms with E-state index in [2.05, 4.69) is 22.7 Å². The standard InChI is InChI=1S/C12H18F2N4/c1-2-3-6-16-12(18-15)17-8-9-4-5-10(13)11(14)7-9/h4-5,7H,2-3,6,8,15H2,1H3,(H2,16,17,18). The summed E-state index contributed by atoms with van der Waals surface area (Å²) >= 11 is 0. The number of hydrogen-bond acceptors (Lipinski definition) is 2. The lowest BCUT2D eigenvalue weighted by Gasteiger charge is -2.08. The molecule has 100 valence electrons. The summed E-state index contributed by atoms with van der Waals surface area (Å²) in [7, 11) is 0. The van der Waals surface area contributed by atoms with E-state index >= 15 is 0 Å². The number of unbranched alkanes of at least 4 members (excludes halogenated alkanes) is 1. The highest BCUT2D eigenvalue weighted by Gasteiger charge is 2.02. The Bertz CT molecular complexity index is 407. The molecule has 0 spiro atoms. The van der Waals surface area contributed by atoms with Crippen molar-refractivity contribution >= 4 is 5.96 Å². The third-order valence-electron chi connectivity index (χ3n) is 2.36. The Balaban J connectivity index is 2.56. The van der Waals surface area contributed by atoms with Gasteiger partial charge in [-0.05, 0) is 24.1 Å². The molecule has 18 heavy (non-hydrogen) atoms. The molecular formula is C12H18F2N4. The van der Waals surface area contributed by atoms with Crippen LogP contribution in [0, 0.1) is 11.6 Å². The van der Waals surface area contributed by atoms with Crippen LogP contribution in [0.3, 0.4) is 0 Å². The minimum atomic E-state index is -0.871. The normalized spacial score (nSPS) is 11.4. The molecular weight excluding hydrogens is 238 g/mol. The molecule has 0 bridgehead atoms. The Morgan fingerprint density at radius 1 is 1.33 bits per heavy atom. The van der Waals surface area contributed by atoms with Gasteiger partial charge in [-0.3, -0.25) is 5.43 Å². The minimum absolute atomic E-state index is 0.232. The minimum Gasteiger partial charge on any atom is -0.355 e. The van der Waals surface area contributed by atoms with Crippen LogP contribution in [0.4, 0.5) is 8.78 Å². The number of nitrogens with one attached hydrogen (secondary N) is 2. The van der Waals surface area contributed by atoms with Gasteiger partial charge in [0, 0.05) is 6.54 Å². The zero-order valence-corrected chi connectivity index (χ0v) is 10.3. The van der Waals surface area contributed by atoms with E-state index in [1.165, 1.54) is 6.07 Å². The number of nitrogens with two attached hydrogens (primary N) is 1. The fourth-order valence-electron chi connectivity index (χ4n) is 1.34. The van der Waals surface area contributed by atoms with Crippen molar-refractivity contribution in [3.05, 3.63) is 35.4 Å².